The van der Waals surface area contributed by atoms with Gasteiger partial charge >= 0.3 is 0 Å². The first-order valence-electron chi connectivity index (χ1n) is 6.17. The minimum atomic E-state index is -0.322. The number of amides is 1. The van der Waals surface area contributed by atoms with Crippen LogP contribution in [0.25, 0.3) is 0 Å². The predicted octanol–water partition coefficient (Wildman–Crippen LogP) is 1.52. The topological polar surface area (TPSA) is 40.5 Å². The predicted molar refractivity (Wildman–Crippen MR) is 66.7 cm³/mol. The second-order valence-corrected chi connectivity index (χ2v) is 4.71. The fourth-order valence-corrected chi connectivity index (χ4v) is 2.26. The summed E-state index contributed by atoms with van der Waals surface area (Å²) in [6.07, 6.45) is 1.73. The number of hydrogen-bond acceptors (Lipinski definition) is 2. The second kappa shape index (κ2) is 5.32. The van der Waals surface area contributed by atoms with Gasteiger partial charge in [0.05, 0.1) is 6.10 Å². The minimum Gasteiger partial charge on any atom is -0.391 e. The zero-order valence-electron chi connectivity index (χ0n) is 10.2. The lowest BCUT2D eigenvalue weighted by Gasteiger charge is -2.15. The molecule has 1 aromatic rings. The molecule has 0 aromatic heterocycles. The molecule has 0 saturated carbocycles. The van der Waals surface area contributed by atoms with Gasteiger partial charge in [-0.2, -0.15) is 0 Å². The van der Waals surface area contributed by atoms with Gasteiger partial charge in [0.25, 0.3) is 0 Å². The van der Waals surface area contributed by atoms with Crippen LogP contribution in [0.5, 0.6) is 0 Å². The molecule has 1 saturated heterocycles. The summed E-state index contributed by atoms with van der Waals surface area (Å²) in [6, 6.07) is 8.16. The van der Waals surface area contributed by atoms with E-state index in [1.165, 1.54) is 11.1 Å². The summed E-state index contributed by atoms with van der Waals surface area (Å²) < 4.78 is 0. The van der Waals surface area contributed by atoms with Gasteiger partial charge in [0.1, 0.15) is 0 Å². The van der Waals surface area contributed by atoms with E-state index < -0.39 is 0 Å². The van der Waals surface area contributed by atoms with Crippen LogP contribution >= 0.6 is 0 Å². The molecule has 1 aromatic carbocycles. The number of nitrogens with zero attached hydrogens (tertiary/aromatic N) is 1. The molecule has 1 fully saturated rings. The molecule has 0 radical (unpaired) electrons. The summed E-state index contributed by atoms with van der Waals surface area (Å²) in [5, 5.41) is 9.38. The first kappa shape index (κ1) is 12.1. The third-order valence-corrected chi connectivity index (χ3v) is 3.39. The Labute approximate surface area is 102 Å². The fourth-order valence-electron chi connectivity index (χ4n) is 2.26. The quantitative estimate of drug-likeness (QED) is 0.860. The molecule has 1 heterocycles. The van der Waals surface area contributed by atoms with Crippen molar-refractivity contribution in [2.24, 2.45) is 0 Å². The average molecular weight is 233 g/mol. The van der Waals surface area contributed by atoms with Crippen LogP contribution in [-0.2, 0) is 11.2 Å². The van der Waals surface area contributed by atoms with E-state index in [2.05, 4.69) is 19.1 Å². The maximum absolute atomic E-state index is 11.9. The van der Waals surface area contributed by atoms with Crippen LogP contribution in [0.1, 0.15) is 24.0 Å². The fraction of sp³-hybridized carbons (Fsp3) is 0.500. The lowest BCUT2D eigenvalue weighted by atomic mass is 10.0. The van der Waals surface area contributed by atoms with Crippen LogP contribution in [0.4, 0.5) is 0 Å². The van der Waals surface area contributed by atoms with Gasteiger partial charge in [-0.3, -0.25) is 4.79 Å². The molecular formula is C14H19NO2. The van der Waals surface area contributed by atoms with E-state index in [4.69, 9.17) is 0 Å². The summed E-state index contributed by atoms with van der Waals surface area (Å²) in [4.78, 5) is 13.7. The van der Waals surface area contributed by atoms with E-state index in [0.29, 0.717) is 19.5 Å². The Kier molecular flexibility index (Phi) is 3.79. The number of carbonyl (C=O) groups excluding carboxylic acids is 1. The molecule has 3 heteroatoms. The van der Waals surface area contributed by atoms with Gasteiger partial charge in [-0.1, -0.05) is 24.3 Å². The van der Waals surface area contributed by atoms with Crippen LogP contribution in [0.3, 0.4) is 0 Å². The summed E-state index contributed by atoms with van der Waals surface area (Å²) >= 11 is 0. The Morgan fingerprint density at radius 1 is 1.47 bits per heavy atom. The van der Waals surface area contributed by atoms with E-state index in [9.17, 15) is 9.90 Å². The number of rotatable bonds is 3. The number of benzene rings is 1. The molecule has 1 N–H and O–H groups in total. The SMILES string of the molecule is Cc1ccccc1CCC(=O)N1CC[C@H](O)C1. The molecule has 3 nitrogen and oxygen atoms in total. The Bertz CT molecular complexity index is 403. The molecule has 17 heavy (non-hydrogen) atoms. The first-order chi connectivity index (χ1) is 8.16. The van der Waals surface area contributed by atoms with Crippen LogP contribution in [-0.4, -0.2) is 35.1 Å². The highest BCUT2D eigenvalue weighted by atomic mass is 16.3. The second-order valence-electron chi connectivity index (χ2n) is 4.71. The van der Waals surface area contributed by atoms with E-state index in [0.717, 1.165) is 12.8 Å². The van der Waals surface area contributed by atoms with E-state index in [1.54, 1.807) is 4.90 Å². The van der Waals surface area contributed by atoms with Gasteiger partial charge in [-0.15, -0.1) is 0 Å². The van der Waals surface area contributed by atoms with Crippen molar-refractivity contribution in [3.63, 3.8) is 0 Å². The largest absolute Gasteiger partial charge is 0.391 e. The maximum atomic E-state index is 11.9. The van der Waals surface area contributed by atoms with Crippen molar-refractivity contribution in [3.05, 3.63) is 35.4 Å². The lowest BCUT2D eigenvalue weighted by molar-refractivity contribution is -0.130. The molecule has 0 spiro atoms. The van der Waals surface area contributed by atoms with Crippen molar-refractivity contribution in [2.45, 2.75) is 32.3 Å². The molecule has 2 rings (SSSR count). The van der Waals surface area contributed by atoms with Crippen molar-refractivity contribution in [1.29, 1.82) is 0 Å². The molecule has 1 amide bonds. The Hall–Kier alpha value is -1.35. The van der Waals surface area contributed by atoms with Gasteiger partial charge in [-0.25, -0.2) is 0 Å². The number of aliphatic hydroxyl groups is 1. The highest BCUT2D eigenvalue weighted by Crippen LogP contribution is 2.13. The van der Waals surface area contributed by atoms with Gasteiger partial charge in [0, 0.05) is 19.5 Å². The normalized spacial score (nSPS) is 19.6. The molecule has 0 bridgehead atoms. The first-order valence-corrected chi connectivity index (χ1v) is 6.17. The standard InChI is InChI=1S/C14H19NO2/c1-11-4-2-3-5-12(11)6-7-14(17)15-9-8-13(16)10-15/h2-5,13,16H,6-10H2,1H3/t13-/m0/s1. The highest BCUT2D eigenvalue weighted by Gasteiger charge is 2.23. The minimum absolute atomic E-state index is 0.157. The van der Waals surface area contributed by atoms with Crippen molar-refractivity contribution < 1.29 is 9.90 Å². The summed E-state index contributed by atoms with van der Waals surface area (Å²) in [7, 11) is 0. The summed E-state index contributed by atoms with van der Waals surface area (Å²) in [5.74, 6) is 0.157. The van der Waals surface area contributed by atoms with Gasteiger partial charge < -0.3 is 10.0 Å². The van der Waals surface area contributed by atoms with Crippen LogP contribution in [0.15, 0.2) is 24.3 Å². The van der Waals surface area contributed by atoms with Gasteiger partial charge in [0.2, 0.25) is 5.91 Å². The number of carbonyl (C=O) groups is 1. The van der Waals surface area contributed by atoms with Crippen molar-refractivity contribution >= 4 is 5.91 Å². The third-order valence-electron chi connectivity index (χ3n) is 3.39. The number of likely N-dealkylation sites (tertiary alicyclic amines) is 1. The average Bonchev–Trinajstić information content (AvgIpc) is 2.74. The maximum Gasteiger partial charge on any atom is 0.222 e. The number of hydrogen-bond donors (Lipinski definition) is 1. The zero-order valence-corrected chi connectivity index (χ0v) is 10.2. The molecule has 92 valence electrons. The van der Waals surface area contributed by atoms with Crippen LogP contribution in [0.2, 0.25) is 0 Å². The van der Waals surface area contributed by atoms with Gasteiger partial charge in [-0.05, 0) is 30.9 Å². The smallest absolute Gasteiger partial charge is 0.222 e. The molecule has 1 atom stereocenters. The van der Waals surface area contributed by atoms with Crippen LogP contribution in [0, 0.1) is 6.92 Å². The van der Waals surface area contributed by atoms with Gasteiger partial charge in [0.15, 0.2) is 0 Å². The third kappa shape index (κ3) is 3.07. The zero-order chi connectivity index (χ0) is 12.3. The Morgan fingerprint density at radius 2 is 2.24 bits per heavy atom. The molecule has 0 unspecified atom stereocenters. The van der Waals surface area contributed by atoms with E-state index >= 15 is 0 Å². The molecule has 1 aliphatic rings. The lowest BCUT2D eigenvalue weighted by Crippen LogP contribution is -2.29. The Morgan fingerprint density at radius 3 is 2.88 bits per heavy atom. The van der Waals surface area contributed by atoms with Crippen molar-refractivity contribution in [2.75, 3.05) is 13.1 Å². The number of aliphatic hydroxyl groups excluding tert-OH is 1. The summed E-state index contributed by atoms with van der Waals surface area (Å²) in [5.41, 5.74) is 2.47. The molecule has 1 aliphatic heterocycles. The van der Waals surface area contributed by atoms with Crippen molar-refractivity contribution in [3.8, 4) is 0 Å². The number of aryl methyl sites for hydroxylation is 2. The van der Waals surface area contributed by atoms with E-state index in [1.807, 2.05) is 12.1 Å². The Balaban J connectivity index is 1.86. The summed E-state index contributed by atoms with van der Waals surface area (Å²) in [6.45, 7) is 3.28. The monoisotopic (exact) mass is 233 g/mol. The van der Waals surface area contributed by atoms with Crippen LogP contribution < -0.4 is 0 Å². The highest BCUT2D eigenvalue weighted by molar-refractivity contribution is 5.76. The molecular weight excluding hydrogens is 214 g/mol. The number of β-amino-alcohol motifs (C(OH)–C–C–N with tert-alkyl or cyclic N) is 1. The van der Waals surface area contributed by atoms with E-state index in [-0.39, 0.29) is 12.0 Å². The molecule has 0 aliphatic carbocycles. The van der Waals surface area contributed by atoms with Crippen molar-refractivity contribution in [1.82, 2.24) is 4.90 Å².